The van der Waals surface area contributed by atoms with Crippen LogP contribution in [0.4, 0.5) is 14.5 Å². The summed E-state index contributed by atoms with van der Waals surface area (Å²) < 4.78 is 28.3. The largest absolute Gasteiger partial charge is 0.369 e. The Bertz CT molecular complexity index is 1010. The highest BCUT2D eigenvalue weighted by atomic mass is 19.3. The van der Waals surface area contributed by atoms with Crippen molar-refractivity contribution in [3.8, 4) is 0 Å². The molecule has 1 saturated carbocycles. The van der Waals surface area contributed by atoms with Crippen LogP contribution in [0.2, 0.25) is 0 Å². The lowest BCUT2D eigenvalue weighted by molar-refractivity contribution is -0.127. The number of halogens is 2. The van der Waals surface area contributed by atoms with Crippen LogP contribution in [0.15, 0.2) is 30.5 Å². The summed E-state index contributed by atoms with van der Waals surface area (Å²) in [4.78, 5) is 22.1. The first-order valence-electron chi connectivity index (χ1n) is 12.3. The van der Waals surface area contributed by atoms with Gasteiger partial charge >= 0.3 is 0 Å². The van der Waals surface area contributed by atoms with Gasteiger partial charge in [0.25, 0.3) is 5.92 Å². The van der Waals surface area contributed by atoms with E-state index in [1.807, 2.05) is 6.07 Å². The van der Waals surface area contributed by atoms with Crippen LogP contribution in [0.5, 0.6) is 0 Å². The molecule has 1 N–H and O–H groups in total. The number of amides is 1. The SMILES string of the molecule is C[C@H]1C[C@@H](NC(=O)C2CCN(C3CC3)CC2)CN(c2ccc(C(C)(F)F)c3ncccc23)C1. The number of piperidine rings is 2. The number of anilines is 1. The van der Waals surface area contributed by atoms with Gasteiger partial charge in [0.2, 0.25) is 5.91 Å². The highest BCUT2D eigenvalue weighted by Gasteiger charge is 2.35. The molecule has 33 heavy (non-hydrogen) atoms. The molecule has 5 rings (SSSR count). The van der Waals surface area contributed by atoms with E-state index in [2.05, 4.69) is 27.0 Å². The predicted octanol–water partition coefficient (Wildman–Crippen LogP) is 4.55. The van der Waals surface area contributed by atoms with Gasteiger partial charge in [0.15, 0.2) is 0 Å². The number of rotatable bonds is 5. The normalized spacial score (nSPS) is 25.4. The summed E-state index contributed by atoms with van der Waals surface area (Å²) in [5, 5.41) is 4.07. The monoisotopic (exact) mass is 456 g/mol. The molecule has 1 amide bonds. The van der Waals surface area contributed by atoms with Crippen molar-refractivity contribution in [1.29, 1.82) is 0 Å². The lowest BCUT2D eigenvalue weighted by Crippen LogP contribution is -2.52. The minimum atomic E-state index is -2.95. The van der Waals surface area contributed by atoms with Gasteiger partial charge in [-0.1, -0.05) is 6.92 Å². The molecular formula is C26H34F2N4O. The molecule has 3 aliphatic rings. The maximum absolute atomic E-state index is 14.2. The number of alkyl halides is 2. The molecule has 1 aromatic carbocycles. The van der Waals surface area contributed by atoms with E-state index in [4.69, 9.17) is 0 Å². The van der Waals surface area contributed by atoms with Crippen LogP contribution in [0.1, 0.15) is 51.5 Å². The van der Waals surface area contributed by atoms with Gasteiger partial charge in [-0.15, -0.1) is 0 Å². The molecule has 2 saturated heterocycles. The summed E-state index contributed by atoms with van der Waals surface area (Å²) in [6.45, 7) is 6.68. The van der Waals surface area contributed by atoms with Crippen LogP contribution < -0.4 is 10.2 Å². The summed E-state index contributed by atoms with van der Waals surface area (Å²) in [7, 11) is 0. The minimum absolute atomic E-state index is 0.0469. The quantitative estimate of drug-likeness (QED) is 0.717. The molecule has 0 unspecified atom stereocenters. The Hall–Kier alpha value is -2.28. The maximum atomic E-state index is 14.2. The smallest absolute Gasteiger partial charge is 0.272 e. The van der Waals surface area contributed by atoms with Crippen molar-refractivity contribution >= 4 is 22.5 Å². The fourth-order valence-electron chi connectivity index (χ4n) is 5.73. The lowest BCUT2D eigenvalue weighted by atomic mass is 9.92. The number of nitrogens with one attached hydrogen (secondary N) is 1. The predicted molar refractivity (Wildman–Crippen MR) is 127 cm³/mol. The second-order valence-corrected chi connectivity index (χ2v) is 10.4. The molecule has 2 aliphatic heterocycles. The van der Waals surface area contributed by atoms with Crippen molar-refractivity contribution in [1.82, 2.24) is 15.2 Å². The first-order valence-corrected chi connectivity index (χ1v) is 12.3. The van der Waals surface area contributed by atoms with E-state index in [0.29, 0.717) is 18.0 Å². The van der Waals surface area contributed by atoms with E-state index in [1.165, 1.54) is 18.9 Å². The number of carbonyl (C=O) groups is 1. The van der Waals surface area contributed by atoms with Crippen LogP contribution in [0, 0.1) is 11.8 Å². The van der Waals surface area contributed by atoms with E-state index >= 15 is 0 Å². The van der Waals surface area contributed by atoms with Crippen LogP contribution in [-0.2, 0) is 10.7 Å². The number of aromatic nitrogens is 1. The highest BCUT2D eigenvalue weighted by Crippen LogP contribution is 2.37. The Balaban J connectivity index is 1.30. The average Bonchev–Trinajstić information content (AvgIpc) is 3.63. The molecule has 3 heterocycles. The van der Waals surface area contributed by atoms with E-state index in [-0.39, 0.29) is 23.4 Å². The molecule has 178 valence electrons. The van der Waals surface area contributed by atoms with Gasteiger partial charge in [0, 0.05) is 60.8 Å². The van der Waals surface area contributed by atoms with Crippen LogP contribution in [0.25, 0.3) is 10.9 Å². The van der Waals surface area contributed by atoms with Gasteiger partial charge in [0.1, 0.15) is 0 Å². The Morgan fingerprint density at radius 1 is 1.12 bits per heavy atom. The molecule has 7 heteroatoms. The Morgan fingerprint density at radius 2 is 1.88 bits per heavy atom. The molecule has 1 aromatic heterocycles. The topological polar surface area (TPSA) is 48.5 Å². The molecule has 0 radical (unpaired) electrons. The second-order valence-electron chi connectivity index (χ2n) is 10.4. The molecule has 0 bridgehead atoms. The third kappa shape index (κ3) is 4.84. The number of carbonyl (C=O) groups excluding carboxylic acids is 1. The number of benzene rings is 1. The van der Waals surface area contributed by atoms with Gasteiger partial charge in [-0.2, -0.15) is 0 Å². The third-order valence-corrected chi connectivity index (χ3v) is 7.53. The standard InChI is InChI=1S/C26H34F2N4O/c1-17-14-19(30-25(33)18-9-12-31(13-10-18)20-5-6-20)16-32(15-17)23-8-7-22(26(2,27)28)24-21(23)4-3-11-29-24/h3-4,7-8,11,17-20H,5-6,9-10,12-16H2,1-2H3,(H,30,33)/t17-,19+/m0/s1. The summed E-state index contributed by atoms with van der Waals surface area (Å²) in [5.41, 5.74) is 1.22. The summed E-state index contributed by atoms with van der Waals surface area (Å²) in [6, 6.07) is 7.79. The fourth-order valence-corrected chi connectivity index (χ4v) is 5.73. The Labute approximate surface area is 194 Å². The first kappa shape index (κ1) is 22.5. The molecular weight excluding hydrogens is 422 g/mol. The van der Waals surface area contributed by atoms with Gasteiger partial charge in [0.05, 0.1) is 5.52 Å². The summed E-state index contributed by atoms with van der Waals surface area (Å²) in [6.07, 6.45) is 7.01. The average molecular weight is 457 g/mol. The van der Waals surface area contributed by atoms with Gasteiger partial charge < -0.3 is 15.1 Å². The zero-order valence-corrected chi connectivity index (χ0v) is 19.6. The molecule has 3 fully saturated rings. The van der Waals surface area contributed by atoms with Gasteiger partial charge in [-0.3, -0.25) is 9.78 Å². The maximum Gasteiger partial charge on any atom is 0.272 e. The van der Waals surface area contributed by atoms with Crippen molar-refractivity contribution in [3.05, 3.63) is 36.0 Å². The molecule has 5 nitrogen and oxygen atoms in total. The van der Waals surface area contributed by atoms with E-state index in [9.17, 15) is 13.6 Å². The van der Waals surface area contributed by atoms with Crippen molar-refractivity contribution < 1.29 is 13.6 Å². The Kier molecular flexibility index (Phi) is 6.02. The number of fused-ring (bicyclic) bond motifs is 1. The number of hydrogen-bond acceptors (Lipinski definition) is 4. The minimum Gasteiger partial charge on any atom is -0.369 e. The molecule has 2 atom stereocenters. The van der Waals surface area contributed by atoms with Crippen LogP contribution in [0.3, 0.4) is 0 Å². The molecule has 0 spiro atoms. The summed E-state index contributed by atoms with van der Waals surface area (Å²) in [5.74, 6) is -2.29. The van der Waals surface area contributed by atoms with Crippen LogP contribution >= 0.6 is 0 Å². The lowest BCUT2D eigenvalue weighted by Gasteiger charge is -2.40. The zero-order chi connectivity index (χ0) is 23.2. The third-order valence-electron chi connectivity index (χ3n) is 7.53. The zero-order valence-electron chi connectivity index (χ0n) is 19.6. The van der Waals surface area contributed by atoms with Crippen molar-refractivity contribution in [3.63, 3.8) is 0 Å². The van der Waals surface area contributed by atoms with E-state index in [0.717, 1.165) is 62.9 Å². The van der Waals surface area contributed by atoms with Gasteiger partial charge in [-0.05, 0) is 75.4 Å². The summed E-state index contributed by atoms with van der Waals surface area (Å²) >= 11 is 0. The number of pyridine rings is 1. The van der Waals surface area contributed by atoms with E-state index < -0.39 is 5.92 Å². The van der Waals surface area contributed by atoms with Crippen LogP contribution in [-0.4, -0.2) is 54.1 Å². The molecule has 1 aliphatic carbocycles. The number of likely N-dealkylation sites (tertiary alicyclic amines) is 1. The van der Waals surface area contributed by atoms with Crippen molar-refractivity contribution in [2.45, 2.75) is 64.0 Å². The molecule has 2 aromatic rings. The number of nitrogens with zero attached hydrogens (tertiary/aromatic N) is 3. The number of hydrogen-bond donors (Lipinski definition) is 1. The second kappa shape index (κ2) is 8.82. The Morgan fingerprint density at radius 3 is 2.58 bits per heavy atom. The fraction of sp³-hybridized carbons (Fsp3) is 0.615. The van der Waals surface area contributed by atoms with Gasteiger partial charge in [-0.25, -0.2) is 8.78 Å². The van der Waals surface area contributed by atoms with Crippen molar-refractivity contribution in [2.24, 2.45) is 11.8 Å². The first-order chi connectivity index (χ1) is 15.8. The van der Waals surface area contributed by atoms with E-state index in [1.54, 1.807) is 18.3 Å². The highest BCUT2D eigenvalue weighted by molar-refractivity contribution is 5.94. The van der Waals surface area contributed by atoms with Crippen molar-refractivity contribution in [2.75, 3.05) is 31.1 Å².